The van der Waals surface area contributed by atoms with Gasteiger partial charge >= 0.3 is 0 Å². The van der Waals surface area contributed by atoms with Crippen molar-refractivity contribution in [3.63, 3.8) is 0 Å². The van der Waals surface area contributed by atoms with Crippen LogP contribution in [0.1, 0.15) is 43.1 Å². The van der Waals surface area contributed by atoms with Gasteiger partial charge in [-0.2, -0.15) is 0 Å². The molecule has 19 heavy (non-hydrogen) atoms. The van der Waals surface area contributed by atoms with Crippen LogP contribution in [0.5, 0.6) is 0 Å². The second-order valence-corrected chi connectivity index (χ2v) is 5.95. The number of aromatic nitrogens is 2. The number of hydrogen-bond donors (Lipinski definition) is 2. The molecule has 1 heterocycles. The van der Waals surface area contributed by atoms with E-state index in [1.165, 1.54) is 0 Å². The zero-order valence-corrected chi connectivity index (χ0v) is 12.2. The summed E-state index contributed by atoms with van der Waals surface area (Å²) in [5.41, 5.74) is 5.72. The predicted molar refractivity (Wildman–Crippen MR) is 77.8 cm³/mol. The number of carbonyl (C=O) groups is 1. The highest BCUT2D eigenvalue weighted by Gasteiger charge is 2.38. The van der Waals surface area contributed by atoms with Crippen LogP contribution < -0.4 is 11.1 Å². The summed E-state index contributed by atoms with van der Waals surface area (Å²) in [5, 5.41) is 3.00. The number of aryl methyl sites for hydroxylation is 1. The maximum absolute atomic E-state index is 12.2. The summed E-state index contributed by atoms with van der Waals surface area (Å²) < 4.78 is 1.74. The first-order chi connectivity index (χ1) is 8.93. The van der Waals surface area contributed by atoms with Crippen LogP contribution in [0.4, 0.5) is 0 Å². The van der Waals surface area contributed by atoms with E-state index in [9.17, 15) is 4.79 Å². The number of rotatable bonds is 3. The molecule has 2 rings (SSSR count). The standard InChI is InChI=1S/C13H20N4OS/c1-9-3-5-13(6-4-9,12(14)19)16-11(18)10-7-17(2)8-15-10/h7-9H,3-6H2,1-2H3,(H2,14,19)(H,16,18). The second-order valence-electron chi connectivity index (χ2n) is 5.51. The summed E-state index contributed by atoms with van der Waals surface area (Å²) >= 11 is 5.18. The first-order valence-electron chi connectivity index (χ1n) is 6.53. The minimum absolute atomic E-state index is 0.206. The Labute approximate surface area is 118 Å². The molecule has 0 radical (unpaired) electrons. The van der Waals surface area contributed by atoms with Gasteiger partial charge in [0.2, 0.25) is 0 Å². The predicted octanol–water partition coefficient (Wildman–Crippen LogP) is 1.38. The van der Waals surface area contributed by atoms with Crippen LogP contribution in [-0.4, -0.2) is 26.0 Å². The highest BCUT2D eigenvalue weighted by molar-refractivity contribution is 7.80. The molecule has 6 heteroatoms. The lowest BCUT2D eigenvalue weighted by atomic mass is 9.77. The van der Waals surface area contributed by atoms with Gasteiger partial charge in [-0.25, -0.2) is 4.98 Å². The van der Waals surface area contributed by atoms with Crippen LogP contribution in [0.15, 0.2) is 12.5 Å². The fourth-order valence-corrected chi connectivity index (χ4v) is 2.75. The average molecular weight is 280 g/mol. The Kier molecular flexibility index (Phi) is 3.89. The number of nitrogens with one attached hydrogen (secondary N) is 1. The summed E-state index contributed by atoms with van der Waals surface area (Å²) in [7, 11) is 1.83. The van der Waals surface area contributed by atoms with E-state index >= 15 is 0 Å². The third-order valence-electron chi connectivity index (χ3n) is 3.89. The van der Waals surface area contributed by atoms with Crippen LogP contribution in [-0.2, 0) is 7.05 Å². The van der Waals surface area contributed by atoms with Crippen LogP contribution in [0.3, 0.4) is 0 Å². The smallest absolute Gasteiger partial charge is 0.272 e. The minimum Gasteiger partial charge on any atom is -0.391 e. The first kappa shape index (κ1) is 14.0. The van der Waals surface area contributed by atoms with E-state index in [2.05, 4.69) is 17.2 Å². The number of thiocarbonyl (C=S) groups is 1. The number of imidazole rings is 1. The van der Waals surface area contributed by atoms with Gasteiger partial charge in [-0.1, -0.05) is 19.1 Å². The third kappa shape index (κ3) is 2.94. The van der Waals surface area contributed by atoms with E-state index in [1.807, 2.05) is 7.05 Å². The summed E-state index contributed by atoms with van der Waals surface area (Å²) in [5.74, 6) is 0.456. The number of hydrogen-bond acceptors (Lipinski definition) is 3. The van der Waals surface area contributed by atoms with Crippen molar-refractivity contribution in [3.8, 4) is 0 Å². The van der Waals surface area contributed by atoms with E-state index in [1.54, 1.807) is 17.1 Å². The highest BCUT2D eigenvalue weighted by Crippen LogP contribution is 2.32. The van der Waals surface area contributed by atoms with Crippen molar-refractivity contribution in [1.29, 1.82) is 0 Å². The van der Waals surface area contributed by atoms with Crippen molar-refractivity contribution < 1.29 is 4.79 Å². The molecule has 0 bridgehead atoms. The fraction of sp³-hybridized carbons (Fsp3) is 0.615. The molecular formula is C13H20N4OS. The molecule has 0 atom stereocenters. The summed E-state index contributed by atoms with van der Waals surface area (Å²) in [6.07, 6.45) is 6.96. The molecule has 1 saturated carbocycles. The molecule has 0 unspecified atom stereocenters. The minimum atomic E-state index is -0.545. The Morgan fingerprint density at radius 3 is 2.68 bits per heavy atom. The normalized spacial score (nSPS) is 26.9. The molecule has 1 aliphatic carbocycles. The molecule has 1 aliphatic rings. The Hall–Kier alpha value is -1.43. The highest BCUT2D eigenvalue weighted by atomic mass is 32.1. The molecule has 1 aromatic rings. The molecule has 1 fully saturated rings. The summed E-state index contributed by atoms with van der Waals surface area (Å²) in [6, 6.07) is 0. The van der Waals surface area contributed by atoms with Crippen molar-refractivity contribution in [2.45, 2.75) is 38.1 Å². The molecule has 104 valence electrons. The average Bonchev–Trinajstić information content (AvgIpc) is 2.79. The summed E-state index contributed by atoms with van der Waals surface area (Å²) in [6.45, 7) is 2.21. The molecule has 3 N–H and O–H groups in total. The maximum Gasteiger partial charge on any atom is 0.272 e. The molecule has 1 aromatic heterocycles. The van der Waals surface area contributed by atoms with Crippen molar-refractivity contribution in [2.75, 3.05) is 0 Å². The van der Waals surface area contributed by atoms with E-state index in [4.69, 9.17) is 18.0 Å². The van der Waals surface area contributed by atoms with E-state index in [0.717, 1.165) is 25.7 Å². The molecular weight excluding hydrogens is 260 g/mol. The first-order valence-corrected chi connectivity index (χ1v) is 6.94. The molecule has 0 saturated heterocycles. The Balaban J connectivity index is 2.13. The van der Waals surface area contributed by atoms with E-state index in [-0.39, 0.29) is 5.91 Å². The largest absolute Gasteiger partial charge is 0.391 e. The molecule has 0 aromatic carbocycles. The second kappa shape index (κ2) is 5.28. The van der Waals surface area contributed by atoms with Crippen molar-refractivity contribution >= 4 is 23.1 Å². The van der Waals surface area contributed by atoms with Gasteiger partial charge in [0.1, 0.15) is 5.69 Å². The van der Waals surface area contributed by atoms with Gasteiger partial charge in [0.05, 0.1) is 16.9 Å². The Morgan fingerprint density at radius 1 is 1.58 bits per heavy atom. The molecule has 1 amide bonds. The van der Waals surface area contributed by atoms with Crippen molar-refractivity contribution in [3.05, 3.63) is 18.2 Å². The van der Waals surface area contributed by atoms with Gasteiger partial charge in [-0.05, 0) is 31.6 Å². The van der Waals surface area contributed by atoms with Crippen LogP contribution in [0.25, 0.3) is 0 Å². The van der Waals surface area contributed by atoms with Gasteiger partial charge < -0.3 is 15.6 Å². The van der Waals surface area contributed by atoms with Gasteiger partial charge in [-0.3, -0.25) is 4.79 Å². The lowest BCUT2D eigenvalue weighted by Gasteiger charge is -2.39. The number of nitrogens with two attached hydrogens (primary N) is 1. The van der Waals surface area contributed by atoms with E-state index < -0.39 is 5.54 Å². The quantitative estimate of drug-likeness (QED) is 0.821. The third-order valence-corrected chi connectivity index (χ3v) is 4.28. The lowest BCUT2D eigenvalue weighted by Crippen LogP contribution is -2.58. The zero-order chi connectivity index (χ0) is 14.0. The number of carbonyl (C=O) groups excluding carboxylic acids is 1. The maximum atomic E-state index is 12.2. The van der Waals surface area contributed by atoms with Crippen LogP contribution >= 0.6 is 12.2 Å². The van der Waals surface area contributed by atoms with Crippen molar-refractivity contribution in [1.82, 2.24) is 14.9 Å². The number of amides is 1. The molecule has 5 nitrogen and oxygen atoms in total. The Bertz CT molecular complexity index is 489. The van der Waals surface area contributed by atoms with Gasteiger partial charge in [0, 0.05) is 13.2 Å². The lowest BCUT2D eigenvalue weighted by molar-refractivity contribution is 0.0896. The fourth-order valence-electron chi connectivity index (χ4n) is 2.50. The monoisotopic (exact) mass is 280 g/mol. The van der Waals surface area contributed by atoms with Crippen LogP contribution in [0, 0.1) is 5.92 Å². The topological polar surface area (TPSA) is 72.9 Å². The number of nitrogens with zero attached hydrogens (tertiary/aromatic N) is 2. The van der Waals surface area contributed by atoms with Gasteiger partial charge in [0.25, 0.3) is 5.91 Å². The Morgan fingerprint density at radius 2 is 2.21 bits per heavy atom. The van der Waals surface area contributed by atoms with Gasteiger partial charge in [0.15, 0.2) is 0 Å². The zero-order valence-electron chi connectivity index (χ0n) is 11.3. The van der Waals surface area contributed by atoms with Gasteiger partial charge in [-0.15, -0.1) is 0 Å². The SMILES string of the molecule is CC1CCC(NC(=O)c2cn(C)cn2)(C(N)=S)CC1. The van der Waals surface area contributed by atoms with E-state index in [0.29, 0.717) is 16.6 Å². The molecule has 0 aliphatic heterocycles. The molecule has 0 spiro atoms. The van der Waals surface area contributed by atoms with Crippen molar-refractivity contribution in [2.24, 2.45) is 18.7 Å². The van der Waals surface area contributed by atoms with Crippen LogP contribution in [0.2, 0.25) is 0 Å². The summed E-state index contributed by atoms with van der Waals surface area (Å²) in [4.78, 5) is 16.6.